The Morgan fingerprint density at radius 1 is 1.15 bits per heavy atom. The number of halogens is 2. The van der Waals surface area contributed by atoms with Crippen molar-refractivity contribution in [2.75, 3.05) is 19.6 Å². The van der Waals surface area contributed by atoms with E-state index in [2.05, 4.69) is 27.3 Å². The molecule has 1 saturated heterocycles. The van der Waals surface area contributed by atoms with Crippen LogP contribution in [-0.4, -0.2) is 41.2 Å². The number of pyridine rings is 1. The fourth-order valence-electron chi connectivity index (χ4n) is 3.21. The van der Waals surface area contributed by atoms with Crippen molar-refractivity contribution < 1.29 is 13.6 Å². The average molecular weight is 377 g/mol. The summed E-state index contributed by atoms with van der Waals surface area (Å²) in [5, 5.41) is 2.96. The van der Waals surface area contributed by atoms with Crippen LogP contribution in [0.5, 0.6) is 0 Å². The smallest absolute Gasteiger partial charge is 0.290 e. The quantitative estimate of drug-likeness (QED) is 0.742. The number of hydrogen-bond acceptors (Lipinski definition) is 4. The second-order valence-corrected chi connectivity index (χ2v) is 7.09. The summed E-state index contributed by atoms with van der Waals surface area (Å²) in [5.74, 6) is -2.99. The van der Waals surface area contributed by atoms with Crippen molar-refractivity contribution >= 4 is 17.7 Å². The Morgan fingerprint density at radius 2 is 1.88 bits per heavy atom. The molecule has 1 atom stereocenters. The third-order valence-electron chi connectivity index (χ3n) is 4.44. The molecule has 1 aliphatic rings. The summed E-state index contributed by atoms with van der Waals surface area (Å²) in [4.78, 5) is 18.8. The highest BCUT2D eigenvalue weighted by atomic mass is 32.2. The summed E-state index contributed by atoms with van der Waals surface area (Å²) in [6.07, 6.45) is 3.71. The summed E-state index contributed by atoms with van der Waals surface area (Å²) >= 11 is 0.294. The van der Waals surface area contributed by atoms with Crippen LogP contribution >= 0.6 is 11.8 Å². The Kier molecular flexibility index (Phi) is 6.57. The fraction of sp³-hybridized carbons (Fsp3) is 0.368. The van der Waals surface area contributed by atoms with E-state index in [0.29, 0.717) is 18.3 Å². The Balaban J connectivity index is 1.72. The minimum Gasteiger partial charge on any atom is -0.350 e. The van der Waals surface area contributed by atoms with Gasteiger partial charge in [0, 0.05) is 12.7 Å². The van der Waals surface area contributed by atoms with E-state index in [4.69, 9.17) is 0 Å². The number of thioether (sulfide) groups is 1. The molecule has 1 aromatic carbocycles. The van der Waals surface area contributed by atoms with Gasteiger partial charge in [-0.2, -0.15) is 8.78 Å². The van der Waals surface area contributed by atoms with Crippen molar-refractivity contribution in [3.8, 4) is 0 Å². The van der Waals surface area contributed by atoms with Crippen molar-refractivity contribution in [1.82, 2.24) is 15.2 Å². The zero-order chi connectivity index (χ0) is 18.4. The zero-order valence-electron chi connectivity index (χ0n) is 14.3. The van der Waals surface area contributed by atoms with Crippen LogP contribution in [0.4, 0.5) is 8.78 Å². The van der Waals surface area contributed by atoms with Gasteiger partial charge in [-0.15, -0.1) is 0 Å². The highest BCUT2D eigenvalue weighted by Gasteiger charge is 2.24. The molecule has 1 N–H and O–H groups in total. The van der Waals surface area contributed by atoms with Crippen LogP contribution in [0, 0.1) is 0 Å². The summed E-state index contributed by atoms with van der Waals surface area (Å²) in [7, 11) is 0. The number of nitrogens with zero attached hydrogens (tertiary/aromatic N) is 2. The molecule has 2 aromatic rings. The molecular formula is C19H21F2N3OS. The van der Waals surface area contributed by atoms with E-state index in [9.17, 15) is 13.6 Å². The number of likely N-dealkylation sites (tertiary alicyclic amines) is 1. The number of alkyl halides is 2. The first kappa shape index (κ1) is 18.8. The van der Waals surface area contributed by atoms with Gasteiger partial charge in [0.05, 0.1) is 11.6 Å². The van der Waals surface area contributed by atoms with E-state index in [1.807, 2.05) is 18.2 Å². The maximum atomic E-state index is 12.7. The van der Waals surface area contributed by atoms with Crippen molar-refractivity contribution in [2.24, 2.45) is 0 Å². The predicted octanol–water partition coefficient (Wildman–Crippen LogP) is 3.96. The van der Waals surface area contributed by atoms with E-state index in [1.165, 1.54) is 12.3 Å². The summed E-state index contributed by atoms with van der Waals surface area (Å²) in [5.41, 5.74) is 1.33. The molecule has 1 aromatic heterocycles. The SMILES string of the molecule is O=C(NCC(c1ccccc1)N1CCCC1)c1cccnc1SC(F)F. The predicted molar refractivity (Wildman–Crippen MR) is 98.4 cm³/mol. The summed E-state index contributed by atoms with van der Waals surface area (Å²) in [6, 6.07) is 13.2. The Morgan fingerprint density at radius 3 is 2.58 bits per heavy atom. The Labute approximate surface area is 156 Å². The van der Waals surface area contributed by atoms with Gasteiger partial charge in [-0.05, 0) is 55.4 Å². The van der Waals surface area contributed by atoms with Crippen LogP contribution in [0.15, 0.2) is 53.7 Å². The molecule has 1 amide bonds. The van der Waals surface area contributed by atoms with Gasteiger partial charge in [-0.3, -0.25) is 9.69 Å². The van der Waals surface area contributed by atoms with Crippen LogP contribution in [0.3, 0.4) is 0 Å². The van der Waals surface area contributed by atoms with Crippen LogP contribution in [-0.2, 0) is 0 Å². The van der Waals surface area contributed by atoms with Gasteiger partial charge in [-0.25, -0.2) is 4.98 Å². The third-order valence-corrected chi connectivity index (χ3v) is 5.16. The molecule has 0 aliphatic carbocycles. The van der Waals surface area contributed by atoms with Gasteiger partial charge in [0.25, 0.3) is 11.7 Å². The fourth-order valence-corrected chi connectivity index (χ4v) is 3.79. The lowest BCUT2D eigenvalue weighted by Crippen LogP contribution is -2.37. The molecule has 0 saturated carbocycles. The lowest BCUT2D eigenvalue weighted by atomic mass is 10.1. The molecule has 3 rings (SSSR count). The Bertz CT molecular complexity index is 724. The second kappa shape index (κ2) is 9.09. The molecule has 4 nitrogen and oxygen atoms in total. The molecule has 2 heterocycles. The molecule has 0 radical (unpaired) electrons. The molecule has 1 aliphatic heterocycles. The highest BCUT2D eigenvalue weighted by molar-refractivity contribution is 7.99. The van der Waals surface area contributed by atoms with Crippen LogP contribution in [0.1, 0.15) is 34.8 Å². The minimum absolute atomic E-state index is 0.0532. The van der Waals surface area contributed by atoms with Gasteiger partial charge in [0.2, 0.25) is 0 Å². The maximum absolute atomic E-state index is 12.7. The number of rotatable bonds is 7. The first-order valence-corrected chi connectivity index (χ1v) is 9.50. The largest absolute Gasteiger partial charge is 0.350 e. The van der Waals surface area contributed by atoms with Gasteiger partial charge < -0.3 is 5.32 Å². The minimum atomic E-state index is -2.61. The number of hydrogen-bond donors (Lipinski definition) is 1. The molecular weight excluding hydrogens is 356 g/mol. The number of carbonyl (C=O) groups excluding carboxylic acids is 1. The standard InChI is InChI=1S/C19H21F2N3OS/c20-19(21)26-18-15(9-6-10-22-18)17(25)23-13-16(24-11-4-5-12-24)14-7-2-1-3-8-14/h1-3,6-10,16,19H,4-5,11-13H2,(H,23,25). The number of carbonyl (C=O) groups is 1. The molecule has 1 fully saturated rings. The van der Waals surface area contributed by atoms with E-state index >= 15 is 0 Å². The van der Waals surface area contributed by atoms with Crippen molar-refractivity contribution in [2.45, 2.75) is 29.7 Å². The second-order valence-electron chi connectivity index (χ2n) is 6.11. The normalized spacial score (nSPS) is 16.0. The summed E-state index contributed by atoms with van der Waals surface area (Å²) < 4.78 is 25.4. The molecule has 138 valence electrons. The number of aromatic nitrogens is 1. The zero-order valence-corrected chi connectivity index (χ0v) is 15.1. The van der Waals surface area contributed by atoms with Crippen molar-refractivity contribution in [3.05, 3.63) is 59.8 Å². The van der Waals surface area contributed by atoms with Gasteiger partial charge in [0.15, 0.2) is 0 Å². The van der Waals surface area contributed by atoms with E-state index in [-0.39, 0.29) is 22.5 Å². The first-order valence-electron chi connectivity index (χ1n) is 8.62. The lowest BCUT2D eigenvalue weighted by Gasteiger charge is -2.28. The monoisotopic (exact) mass is 377 g/mol. The molecule has 0 bridgehead atoms. The third kappa shape index (κ3) is 4.80. The van der Waals surface area contributed by atoms with E-state index < -0.39 is 5.76 Å². The van der Waals surface area contributed by atoms with Gasteiger partial charge in [0.1, 0.15) is 5.03 Å². The topological polar surface area (TPSA) is 45.2 Å². The molecule has 7 heteroatoms. The molecule has 0 spiro atoms. The lowest BCUT2D eigenvalue weighted by molar-refractivity contribution is 0.0934. The van der Waals surface area contributed by atoms with Crippen molar-refractivity contribution in [1.29, 1.82) is 0 Å². The van der Waals surface area contributed by atoms with Gasteiger partial charge >= 0.3 is 0 Å². The number of benzene rings is 1. The highest BCUT2D eigenvalue weighted by Crippen LogP contribution is 2.27. The number of nitrogens with one attached hydrogen (secondary N) is 1. The molecule has 1 unspecified atom stereocenters. The maximum Gasteiger partial charge on any atom is 0.290 e. The van der Waals surface area contributed by atoms with Crippen LogP contribution in [0.2, 0.25) is 0 Å². The van der Waals surface area contributed by atoms with Crippen LogP contribution < -0.4 is 5.32 Å². The number of amides is 1. The van der Waals surface area contributed by atoms with Crippen molar-refractivity contribution in [3.63, 3.8) is 0 Å². The first-order chi connectivity index (χ1) is 12.6. The molecule has 26 heavy (non-hydrogen) atoms. The van der Waals surface area contributed by atoms with Crippen LogP contribution in [0.25, 0.3) is 0 Å². The van der Waals surface area contributed by atoms with E-state index in [0.717, 1.165) is 31.5 Å². The summed E-state index contributed by atoms with van der Waals surface area (Å²) in [6.45, 7) is 2.42. The average Bonchev–Trinajstić information content (AvgIpc) is 3.17. The Hall–Kier alpha value is -1.99. The van der Waals surface area contributed by atoms with Gasteiger partial charge in [-0.1, -0.05) is 30.3 Å². The van der Waals surface area contributed by atoms with E-state index in [1.54, 1.807) is 6.07 Å².